The number of nitrogens with zero attached hydrogens (tertiary/aromatic N) is 2. The van der Waals surface area contributed by atoms with Gasteiger partial charge in [-0.25, -0.2) is 0 Å². The Labute approximate surface area is 138 Å². The molecule has 21 heavy (non-hydrogen) atoms. The molecule has 0 aliphatic carbocycles. The van der Waals surface area contributed by atoms with Crippen LogP contribution in [0.4, 0.5) is 5.13 Å². The van der Waals surface area contributed by atoms with Crippen LogP contribution in [0.5, 0.6) is 0 Å². The second-order valence-electron chi connectivity index (χ2n) is 4.18. The number of aromatic nitrogens is 2. The van der Waals surface area contributed by atoms with E-state index in [0.717, 1.165) is 23.5 Å². The standard InChI is InChI=1S/C13H15ClN4OS.ClH/c1-15-7-3-6-11(19)16-13-18-17-12(20-13)9-4-2-5-10(14)8-9;/h2,4-5,8,15H,3,6-7H2,1H3,(H,16,18,19);1H. The number of rotatable bonds is 6. The molecular weight excluding hydrogens is 331 g/mol. The first-order valence-electron chi connectivity index (χ1n) is 6.23. The van der Waals surface area contributed by atoms with E-state index in [9.17, 15) is 4.79 Å². The second kappa shape index (κ2) is 8.94. The number of amides is 1. The van der Waals surface area contributed by atoms with Gasteiger partial charge in [-0.3, -0.25) is 4.79 Å². The van der Waals surface area contributed by atoms with Gasteiger partial charge in [0.15, 0.2) is 0 Å². The van der Waals surface area contributed by atoms with Gasteiger partial charge in [-0.2, -0.15) is 0 Å². The summed E-state index contributed by atoms with van der Waals surface area (Å²) < 4.78 is 0. The average Bonchev–Trinajstić information content (AvgIpc) is 2.87. The van der Waals surface area contributed by atoms with Crippen LogP contribution in [0.2, 0.25) is 5.02 Å². The largest absolute Gasteiger partial charge is 0.320 e. The van der Waals surface area contributed by atoms with Gasteiger partial charge >= 0.3 is 0 Å². The number of carbonyl (C=O) groups is 1. The topological polar surface area (TPSA) is 66.9 Å². The molecule has 0 saturated carbocycles. The maximum Gasteiger partial charge on any atom is 0.226 e. The fourth-order valence-electron chi connectivity index (χ4n) is 1.62. The molecule has 1 aromatic heterocycles. The summed E-state index contributed by atoms with van der Waals surface area (Å²) in [6.45, 7) is 0.817. The Hall–Kier alpha value is -1.21. The van der Waals surface area contributed by atoms with Crippen LogP contribution in [0.25, 0.3) is 10.6 Å². The van der Waals surface area contributed by atoms with Gasteiger partial charge in [-0.1, -0.05) is 35.1 Å². The Bertz CT molecular complexity index is 591. The zero-order chi connectivity index (χ0) is 14.4. The number of anilines is 1. The molecular formula is C13H16Cl2N4OS. The van der Waals surface area contributed by atoms with Gasteiger partial charge in [-0.05, 0) is 32.1 Å². The summed E-state index contributed by atoms with van der Waals surface area (Å²) in [6, 6.07) is 7.39. The van der Waals surface area contributed by atoms with Crippen molar-refractivity contribution < 1.29 is 4.79 Å². The Morgan fingerprint density at radius 2 is 2.19 bits per heavy atom. The van der Waals surface area contributed by atoms with Crippen molar-refractivity contribution in [2.75, 3.05) is 18.9 Å². The number of hydrogen-bond acceptors (Lipinski definition) is 5. The molecule has 0 unspecified atom stereocenters. The molecule has 0 radical (unpaired) electrons. The van der Waals surface area contributed by atoms with Gasteiger partial charge in [0.05, 0.1) is 0 Å². The van der Waals surface area contributed by atoms with Crippen LogP contribution in [0, 0.1) is 0 Å². The van der Waals surface area contributed by atoms with Gasteiger partial charge in [-0.15, -0.1) is 22.6 Å². The lowest BCUT2D eigenvalue weighted by atomic mass is 10.2. The summed E-state index contributed by atoms with van der Waals surface area (Å²) >= 11 is 7.27. The van der Waals surface area contributed by atoms with Crippen molar-refractivity contribution in [3.05, 3.63) is 29.3 Å². The van der Waals surface area contributed by atoms with E-state index in [0.29, 0.717) is 16.6 Å². The second-order valence-corrected chi connectivity index (χ2v) is 5.59. The normalized spacial score (nSPS) is 10.0. The van der Waals surface area contributed by atoms with Gasteiger partial charge in [0.2, 0.25) is 11.0 Å². The van der Waals surface area contributed by atoms with E-state index in [-0.39, 0.29) is 18.3 Å². The van der Waals surface area contributed by atoms with Crippen molar-refractivity contribution in [3.8, 4) is 10.6 Å². The monoisotopic (exact) mass is 346 g/mol. The van der Waals surface area contributed by atoms with Gasteiger partial charge < -0.3 is 10.6 Å². The minimum Gasteiger partial charge on any atom is -0.320 e. The first-order valence-corrected chi connectivity index (χ1v) is 7.42. The third kappa shape index (κ3) is 5.59. The minimum atomic E-state index is -0.0472. The van der Waals surface area contributed by atoms with E-state index < -0.39 is 0 Å². The summed E-state index contributed by atoms with van der Waals surface area (Å²) in [4.78, 5) is 11.7. The number of halogens is 2. The predicted octanol–water partition coefficient (Wildman–Crippen LogP) is 3.22. The number of carbonyl (C=O) groups excluding carboxylic acids is 1. The number of benzene rings is 1. The highest BCUT2D eigenvalue weighted by atomic mass is 35.5. The third-order valence-electron chi connectivity index (χ3n) is 2.57. The van der Waals surface area contributed by atoms with Crippen LogP contribution in [0.1, 0.15) is 12.8 Å². The molecule has 0 atom stereocenters. The molecule has 114 valence electrons. The van der Waals surface area contributed by atoms with Crippen LogP contribution in [-0.2, 0) is 4.79 Å². The third-order valence-corrected chi connectivity index (χ3v) is 3.70. The number of hydrogen-bond donors (Lipinski definition) is 2. The zero-order valence-electron chi connectivity index (χ0n) is 11.4. The molecule has 0 aliphatic heterocycles. The van der Waals surface area contributed by atoms with Gasteiger partial charge in [0.1, 0.15) is 5.01 Å². The molecule has 0 fully saturated rings. The fourth-order valence-corrected chi connectivity index (χ4v) is 2.57. The highest BCUT2D eigenvalue weighted by Gasteiger charge is 2.09. The average molecular weight is 347 g/mol. The van der Waals surface area contributed by atoms with Crippen LogP contribution < -0.4 is 10.6 Å². The summed E-state index contributed by atoms with van der Waals surface area (Å²) in [5.74, 6) is -0.0472. The first-order chi connectivity index (χ1) is 9.69. The molecule has 2 rings (SSSR count). The quantitative estimate of drug-likeness (QED) is 0.788. The van der Waals surface area contributed by atoms with E-state index in [2.05, 4.69) is 20.8 Å². The Morgan fingerprint density at radius 3 is 2.90 bits per heavy atom. The van der Waals surface area contributed by atoms with E-state index in [4.69, 9.17) is 11.6 Å². The van der Waals surface area contributed by atoms with Crippen LogP contribution in [0.3, 0.4) is 0 Å². The Balaban J connectivity index is 0.00000220. The Morgan fingerprint density at radius 1 is 1.38 bits per heavy atom. The highest BCUT2D eigenvalue weighted by molar-refractivity contribution is 7.18. The maximum atomic E-state index is 11.7. The lowest BCUT2D eigenvalue weighted by Gasteiger charge is -2.00. The molecule has 1 aromatic carbocycles. The van der Waals surface area contributed by atoms with Crippen molar-refractivity contribution in [2.45, 2.75) is 12.8 Å². The number of nitrogens with one attached hydrogen (secondary N) is 2. The van der Waals surface area contributed by atoms with Crippen molar-refractivity contribution in [2.24, 2.45) is 0 Å². The molecule has 1 heterocycles. The van der Waals surface area contributed by atoms with Crippen molar-refractivity contribution in [3.63, 3.8) is 0 Å². The van der Waals surface area contributed by atoms with E-state index in [1.807, 2.05) is 25.2 Å². The van der Waals surface area contributed by atoms with E-state index in [1.54, 1.807) is 6.07 Å². The maximum absolute atomic E-state index is 11.7. The molecule has 2 N–H and O–H groups in total. The fraction of sp³-hybridized carbons (Fsp3) is 0.308. The molecule has 0 aliphatic rings. The highest BCUT2D eigenvalue weighted by Crippen LogP contribution is 2.28. The minimum absolute atomic E-state index is 0. The van der Waals surface area contributed by atoms with Gasteiger partial charge in [0, 0.05) is 17.0 Å². The smallest absolute Gasteiger partial charge is 0.226 e. The van der Waals surface area contributed by atoms with E-state index in [1.165, 1.54) is 11.3 Å². The van der Waals surface area contributed by atoms with Crippen LogP contribution >= 0.6 is 35.3 Å². The zero-order valence-corrected chi connectivity index (χ0v) is 13.8. The van der Waals surface area contributed by atoms with Crippen LogP contribution in [0.15, 0.2) is 24.3 Å². The summed E-state index contributed by atoms with van der Waals surface area (Å²) in [5.41, 5.74) is 0.894. The molecule has 0 bridgehead atoms. The molecule has 0 spiro atoms. The first kappa shape index (κ1) is 17.8. The molecule has 8 heteroatoms. The van der Waals surface area contributed by atoms with Crippen molar-refractivity contribution in [1.29, 1.82) is 0 Å². The van der Waals surface area contributed by atoms with E-state index >= 15 is 0 Å². The molecule has 5 nitrogen and oxygen atoms in total. The lowest BCUT2D eigenvalue weighted by Crippen LogP contribution is -2.15. The SMILES string of the molecule is CNCCCC(=O)Nc1nnc(-c2cccc(Cl)c2)s1.Cl. The predicted molar refractivity (Wildman–Crippen MR) is 89.4 cm³/mol. The Kier molecular flexibility index (Phi) is 7.60. The summed E-state index contributed by atoms with van der Waals surface area (Å²) in [7, 11) is 1.86. The van der Waals surface area contributed by atoms with Crippen molar-refractivity contribution >= 4 is 46.4 Å². The lowest BCUT2D eigenvalue weighted by molar-refractivity contribution is -0.116. The van der Waals surface area contributed by atoms with Crippen molar-refractivity contribution in [1.82, 2.24) is 15.5 Å². The molecule has 2 aromatic rings. The van der Waals surface area contributed by atoms with Gasteiger partial charge in [0.25, 0.3) is 0 Å². The molecule has 1 amide bonds. The summed E-state index contributed by atoms with van der Waals surface area (Å²) in [5, 5.41) is 15.7. The molecule has 0 saturated heterocycles. The summed E-state index contributed by atoms with van der Waals surface area (Å²) in [6.07, 6.45) is 1.26. The van der Waals surface area contributed by atoms with Crippen LogP contribution in [-0.4, -0.2) is 29.7 Å².